The van der Waals surface area contributed by atoms with Gasteiger partial charge in [0.1, 0.15) is 29.9 Å². The second-order valence-electron chi connectivity index (χ2n) is 14.1. The molecular formula is C42H42BrN5O6S. The summed E-state index contributed by atoms with van der Waals surface area (Å²) in [5, 5.41) is 16.9. The third-order valence-electron chi connectivity index (χ3n) is 10.4. The SMILES string of the molecule is O=C1CCC(N2Cc3cc(NCCCN4CCN(CCOc5ccc(Oc6c(-c7ccc(Br)cc7)sc7cc(O)ccc67)cc5)CC4)ccc3C2=O)C(=O)N1. The average Bonchev–Trinajstić information content (AvgIpc) is 3.70. The van der Waals surface area contributed by atoms with Crippen LogP contribution in [0.5, 0.6) is 23.0 Å². The number of carbonyl (C=O) groups is 3. The van der Waals surface area contributed by atoms with Crippen molar-refractivity contribution in [3.8, 4) is 33.4 Å². The Labute approximate surface area is 331 Å². The van der Waals surface area contributed by atoms with Gasteiger partial charge < -0.3 is 29.7 Å². The van der Waals surface area contributed by atoms with Crippen molar-refractivity contribution in [1.29, 1.82) is 0 Å². The second kappa shape index (κ2) is 16.4. The smallest absolute Gasteiger partial charge is 0.255 e. The molecule has 4 aromatic carbocycles. The first-order valence-corrected chi connectivity index (χ1v) is 20.3. The van der Waals surface area contributed by atoms with Crippen LogP contribution in [0.1, 0.15) is 35.2 Å². The Balaban J connectivity index is 0.750. The number of nitrogens with zero attached hydrogens (tertiary/aromatic N) is 3. The van der Waals surface area contributed by atoms with Gasteiger partial charge in [-0.25, -0.2) is 0 Å². The summed E-state index contributed by atoms with van der Waals surface area (Å²) < 4.78 is 14.6. The Bertz CT molecular complexity index is 2200. The molecule has 2 fully saturated rings. The quantitative estimate of drug-likeness (QED) is 0.0844. The number of piperazine rings is 1. The summed E-state index contributed by atoms with van der Waals surface area (Å²) in [6.07, 6.45) is 1.61. The fraction of sp³-hybridized carbons (Fsp3) is 0.310. The third-order valence-corrected chi connectivity index (χ3v) is 12.1. The first kappa shape index (κ1) is 37.0. The van der Waals surface area contributed by atoms with Crippen LogP contribution >= 0.6 is 27.3 Å². The molecule has 2 saturated heterocycles. The highest BCUT2D eigenvalue weighted by Gasteiger charge is 2.39. The number of phenols is 1. The fourth-order valence-electron chi connectivity index (χ4n) is 7.42. The minimum Gasteiger partial charge on any atom is -0.508 e. The molecule has 3 amide bonds. The van der Waals surface area contributed by atoms with E-state index in [1.807, 2.05) is 60.7 Å². The summed E-state index contributed by atoms with van der Waals surface area (Å²) in [5.74, 6) is 1.69. The van der Waals surface area contributed by atoms with Crippen LogP contribution < -0.4 is 20.1 Å². The van der Waals surface area contributed by atoms with Crippen molar-refractivity contribution < 1.29 is 29.0 Å². The maximum atomic E-state index is 13.0. The number of hydrogen-bond acceptors (Lipinski definition) is 10. The molecule has 284 valence electrons. The van der Waals surface area contributed by atoms with Crippen LogP contribution in [0.3, 0.4) is 0 Å². The Kier molecular flexibility index (Phi) is 11.0. The number of anilines is 1. The number of phenolic OH excluding ortho intramolecular Hbond substituents is 1. The molecule has 8 rings (SSSR count). The molecule has 13 heteroatoms. The number of fused-ring (bicyclic) bond motifs is 2. The number of ether oxygens (including phenoxy) is 2. The van der Waals surface area contributed by atoms with Gasteiger partial charge in [0.15, 0.2) is 5.75 Å². The van der Waals surface area contributed by atoms with Crippen molar-refractivity contribution in [2.45, 2.75) is 31.8 Å². The zero-order chi connectivity index (χ0) is 37.9. The fourth-order valence-corrected chi connectivity index (χ4v) is 8.86. The molecule has 0 radical (unpaired) electrons. The maximum Gasteiger partial charge on any atom is 0.255 e. The Hall–Kier alpha value is -4.95. The van der Waals surface area contributed by atoms with Crippen LogP contribution in [0, 0.1) is 0 Å². The Morgan fingerprint density at radius 3 is 2.38 bits per heavy atom. The molecule has 11 nitrogen and oxygen atoms in total. The highest BCUT2D eigenvalue weighted by Crippen LogP contribution is 2.47. The normalized spacial score (nSPS) is 17.7. The van der Waals surface area contributed by atoms with Gasteiger partial charge >= 0.3 is 0 Å². The van der Waals surface area contributed by atoms with Crippen LogP contribution in [0.2, 0.25) is 0 Å². The van der Waals surface area contributed by atoms with E-state index in [2.05, 4.69) is 48.5 Å². The van der Waals surface area contributed by atoms with Crippen molar-refractivity contribution in [3.05, 3.63) is 101 Å². The maximum absolute atomic E-state index is 13.0. The van der Waals surface area contributed by atoms with E-state index in [1.54, 1.807) is 28.4 Å². The topological polar surface area (TPSA) is 124 Å². The number of amides is 3. The van der Waals surface area contributed by atoms with Crippen LogP contribution in [0.25, 0.3) is 20.5 Å². The first-order chi connectivity index (χ1) is 26.8. The molecule has 3 aliphatic heterocycles. The lowest BCUT2D eigenvalue weighted by Crippen LogP contribution is -2.52. The summed E-state index contributed by atoms with van der Waals surface area (Å²) in [7, 11) is 0. The molecule has 55 heavy (non-hydrogen) atoms. The number of thiophene rings is 1. The lowest BCUT2D eigenvalue weighted by atomic mass is 10.0. The van der Waals surface area contributed by atoms with E-state index < -0.39 is 11.9 Å². The van der Waals surface area contributed by atoms with E-state index in [0.29, 0.717) is 30.9 Å². The molecule has 4 heterocycles. The lowest BCUT2D eigenvalue weighted by Gasteiger charge is -2.34. The Morgan fingerprint density at radius 1 is 0.873 bits per heavy atom. The number of nitrogens with one attached hydrogen (secondary N) is 2. The number of hydrogen-bond donors (Lipinski definition) is 3. The predicted molar refractivity (Wildman–Crippen MR) is 217 cm³/mol. The lowest BCUT2D eigenvalue weighted by molar-refractivity contribution is -0.136. The van der Waals surface area contributed by atoms with E-state index in [0.717, 1.165) is 100.0 Å². The number of aromatic hydroxyl groups is 1. The summed E-state index contributed by atoms with van der Waals surface area (Å²) >= 11 is 5.11. The third kappa shape index (κ3) is 8.50. The van der Waals surface area contributed by atoms with E-state index in [1.165, 1.54) is 0 Å². The van der Waals surface area contributed by atoms with Gasteiger partial charge in [-0.2, -0.15) is 0 Å². The summed E-state index contributed by atoms with van der Waals surface area (Å²) in [4.78, 5) is 44.4. The van der Waals surface area contributed by atoms with Crippen molar-refractivity contribution in [2.75, 3.05) is 57.7 Å². The van der Waals surface area contributed by atoms with Gasteiger partial charge in [0.25, 0.3) is 5.91 Å². The highest BCUT2D eigenvalue weighted by molar-refractivity contribution is 9.10. The van der Waals surface area contributed by atoms with Crippen LogP contribution in [-0.2, 0) is 16.1 Å². The van der Waals surface area contributed by atoms with Gasteiger partial charge in [-0.05, 0) is 103 Å². The van der Waals surface area contributed by atoms with Gasteiger partial charge in [-0.3, -0.25) is 24.6 Å². The van der Waals surface area contributed by atoms with E-state index in [-0.39, 0.29) is 24.0 Å². The molecule has 3 aliphatic rings. The van der Waals surface area contributed by atoms with Crippen molar-refractivity contribution >= 4 is 60.8 Å². The van der Waals surface area contributed by atoms with Crippen LogP contribution in [0.4, 0.5) is 5.69 Å². The van der Waals surface area contributed by atoms with Crippen molar-refractivity contribution in [3.63, 3.8) is 0 Å². The van der Waals surface area contributed by atoms with Gasteiger partial charge in [0.2, 0.25) is 11.8 Å². The van der Waals surface area contributed by atoms with Gasteiger partial charge in [-0.15, -0.1) is 11.3 Å². The minimum atomic E-state index is -0.601. The first-order valence-electron chi connectivity index (χ1n) is 18.7. The minimum absolute atomic E-state index is 0.152. The van der Waals surface area contributed by atoms with Gasteiger partial charge in [0.05, 0.1) is 4.88 Å². The van der Waals surface area contributed by atoms with Crippen molar-refractivity contribution in [2.24, 2.45) is 0 Å². The largest absolute Gasteiger partial charge is 0.508 e. The number of imide groups is 1. The molecule has 1 unspecified atom stereocenters. The zero-order valence-corrected chi connectivity index (χ0v) is 32.7. The van der Waals surface area contributed by atoms with Crippen molar-refractivity contribution in [1.82, 2.24) is 20.0 Å². The number of rotatable bonds is 13. The molecule has 0 spiro atoms. The van der Waals surface area contributed by atoms with Gasteiger partial charge in [-0.1, -0.05) is 28.1 Å². The van der Waals surface area contributed by atoms with E-state index in [4.69, 9.17) is 9.47 Å². The number of piperidine rings is 1. The van der Waals surface area contributed by atoms with Gasteiger partial charge in [0, 0.05) is 78.0 Å². The molecule has 0 saturated carbocycles. The number of carbonyl (C=O) groups excluding carboxylic acids is 3. The monoisotopic (exact) mass is 823 g/mol. The predicted octanol–water partition coefficient (Wildman–Crippen LogP) is 7.09. The average molecular weight is 825 g/mol. The zero-order valence-electron chi connectivity index (χ0n) is 30.3. The number of benzene rings is 4. The second-order valence-corrected chi connectivity index (χ2v) is 16.1. The molecule has 5 aromatic rings. The number of halogens is 1. The molecule has 3 N–H and O–H groups in total. The molecular weight excluding hydrogens is 782 g/mol. The van der Waals surface area contributed by atoms with E-state index >= 15 is 0 Å². The van der Waals surface area contributed by atoms with Crippen LogP contribution in [-0.4, -0.2) is 96.0 Å². The molecule has 0 bridgehead atoms. The molecule has 0 aliphatic carbocycles. The standard InChI is InChI=1S/C42H42BrN5O6S/c43-29-4-2-27(3-5-29)40-39(35-13-7-31(49)25-37(35)55-40)54-33-10-8-32(9-11-33)53-23-22-47-20-18-46(19-21-47)17-1-16-44-30-6-12-34-28(24-30)26-48(42(34)52)36-14-15-38(50)45-41(36)51/h2-13,24-25,36,44,49H,1,14-23,26H2,(H,45,50,51). The molecule has 1 aromatic heterocycles. The summed E-state index contributed by atoms with van der Waals surface area (Å²) in [6.45, 7) is 7.70. The molecule has 1 atom stereocenters. The summed E-state index contributed by atoms with van der Waals surface area (Å²) in [5.41, 5.74) is 3.54. The van der Waals surface area contributed by atoms with Crippen LogP contribution in [0.15, 0.2) is 89.4 Å². The summed E-state index contributed by atoms with van der Waals surface area (Å²) in [6, 6.07) is 26.4. The highest BCUT2D eigenvalue weighted by atomic mass is 79.9. The Morgan fingerprint density at radius 2 is 1.62 bits per heavy atom. The van der Waals surface area contributed by atoms with E-state index in [9.17, 15) is 19.5 Å².